The predicted molar refractivity (Wildman–Crippen MR) is 53.2 cm³/mol. The molecular formula is C8H6F4INO. The van der Waals surface area contributed by atoms with Crippen molar-refractivity contribution in [3.8, 4) is 5.75 Å². The molecule has 1 rings (SSSR count). The van der Waals surface area contributed by atoms with Gasteiger partial charge >= 0.3 is 6.36 Å². The molecule has 0 atom stereocenters. The van der Waals surface area contributed by atoms with Crippen LogP contribution in [-0.2, 0) is 6.67 Å². The first kappa shape index (κ1) is 12.5. The Hall–Kier alpha value is -0.600. The summed E-state index contributed by atoms with van der Waals surface area (Å²) in [5.41, 5.74) is 0.110. The number of ether oxygens (including phenoxy) is 1. The smallest absolute Gasteiger partial charge is 0.403 e. The van der Waals surface area contributed by atoms with E-state index in [1.165, 1.54) is 6.07 Å². The fourth-order valence-corrected chi connectivity index (χ4v) is 1.87. The summed E-state index contributed by atoms with van der Waals surface area (Å²) in [5.74, 6) is -0.559. The summed E-state index contributed by atoms with van der Waals surface area (Å²) in [5, 5.41) is 0. The fourth-order valence-electron chi connectivity index (χ4n) is 0.997. The second kappa shape index (κ2) is 4.50. The van der Waals surface area contributed by atoms with Crippen molar-refractivity contribution in [2.75, 3.05) is 0 Å². The van der Waals surface area contributed by atoms with Crippen molar-refractivity contribution in [3.63, 3.8) is 0 Å². The Balaban J connectivity index is 3.15. The van der Waals surface area contributed by atoms with E-state index in [4.69, 9.17) is 0 Å². The maximum Gasteiger partial charge on any atom is 0.573 e. The SMILES string of the molecule is Cc1cc(I)c(OC(F)(F)F)c(CF)n1. The zero-order chi connectivity index (χ0) is 11.6. The van der Waals surface area contributed by atoms with Gasteiger partial charge in [0.05, 0.1) is 3.57 Å². The number of nitrogens with zero attached hydrogens (tertiary/aromatic N) is 1. The second-order valence-electron chi connectivity index (χ2n) is 2.70. The first-order valence-electron chi connectivity index (χ1n) is 3.81. The molecule has 0 aliphatic heterocycles. The molecule has 1 heterocycles. The van der Waals surface area contributed by atoms with E-state index in [-0.39, 0.29) is 9.26 Å². The number of aryl methyl sites for hydroxylation is 1. The lowest BCUT2D eigenvalue weighted by Gasteiger charge is -2.13. The summed E-state index contributed by atoms with van der Waals surface area (Å²) in [6.45, 7) is 0.474. The lowest BCUT2D eigenvalue weighted by atomic mass is 10.3. The van der Waals surface area contributed by atoms with Crippen molar-refractivity contribution < 1.29 is 22.3 Å². The molecule has 84 valence electrons. The molecule has 0 aliphatic carbocycles. The van der Waals surface area contributed by atoms with E-state index in [1.54, 1.807) is 29.5 Å². The van der Waals surface area contributed by atoms with E-state index < -0.39 is 18.8 Å². The third-order valence-electron chi connectivity index (χ3n) is 1.47. The third-order valence-corrected chi connectivity index (χ3v) is 2.27. The molecule has 0 unspecified atom stereocenters. The van der Waals surface area contributed by atoms with Crippen molar-refractivity contribution in [2.24, 2.45) is 0 Å². The predicted octanol–water partition coefficient (Wildman–Crippen LogP) is 3.36. The second-order valence-corrected chi connectivity index (χ2v) is 3.86. The monoisotopic (exact) mass is 335 g/mol. The Morgan fingerprint density at radius 3 is 2.53 bits per heavy atom. The van der Waals surface area contributed by atoms with Crippen LogP contribution in [0, 0.1) is 10.5 Å². The minimum absolute atomic E-state index is 0.185. The van der Waals surface area contributed by atoms with Crippen molar-refractivity contribution in [2.45, 2.75) is 20.0 Å². The van der Waals surface area contributed by atoms with Crippen LogP contribution in [0.5, 0.6) is 5.75 Å². The van der Waals surface area contributed by atoms with Crippen LogP contribution in [0.2, 0.25) is 0 Å². The molecule has 0 aliphatic rings. The van der Waals surface area contributed by atoms with Gasteiger partial charge in [0.15, 0.2) is 5.75 Å². The highest BCUT2D eigenvalue weighted by Crippen LogP contribution is 2.31. The van der Waals surface area contributed by atoms with Crippen molar-refractivity contribution in [1.29, 1.82) is 0 Å². The number of halogens is 5. The summed E-state index contributed by atoms with van der Waals surface area (Å²) in [7, 11) is 0. The summed E-state index contributed by atoms with van der Waals surface area (Å²) >= 11 is 1.64. The van der Waals surface area contributed by atoms with Crippen LogP contribution in [0.15, 0.2) is 6.07 Å². The Morgan fingerprint density at radius 1 is 1.47 bits per heavy atom. The van der Waals surface area contributed by atoms with Gasteiger partial charge in [-0.3, -0.25) is 4.98 Å². The number of hydrogen-bond donors (Lipinski definition) is 0. The number of rotatable bonds is 2. The van der Waals surface area contributed by atoms with Gasteiger partial charge < -0.3 is 4.74 Å². The van der Waals surface area contributed by atoms with E-state index in [2.05, 4.69) is 9.72 Å². The molecule has 0 spiro atoms. The number of aromatic nitrogens is 1. The van der Waals surface area contributed by atoms with Gasteiger partial charge in [0.1, 0.15) is 12.4 Å². The van der Waals surface area contributed by atoms with Gasteiger partial charge in [-0.2, -0.15) is 0 Å². The van der Waals surface area contributed by atoms with Crippen LogP contribution in [-0.4, -0.2) is 11.3 Å². The minimum Gasteiger partial charge on any atom is -0.403 e. The number of hydrogen-bond acceptors (Lipinski definition) is 2. The summed E-state index contributed by atoms with van der Waals surface area (Å²) < 4.78 is 52.2. The highest BCUT2D eigenvalue weighted by molar-refractivity contribution is 14.1. The van der Waals surface area contributed by atoms with Gasteiger partial charge in [-0.05, 0) is 35.6 Å². The average Bonchev–Trinajstić information content (AvgIpc) is 2.07. The average molecular weight is 335 g/mol. The molecule has 2 nitrogen and oxygen atoms in total. The molecule has 0 radical (unpaired) electrons. The largest absolute Gasteiger partial charge is 0.573 e. The lowest BCUT2D eigenvalue weighted by molar-refractivity contribution is -0.275. The van der Waals surface area contributed by atoms with Crippen molar-refractivity contribution >= 4 is 22.6 Å². The minimum atomic E-state index is -4.83. The van der Waals surface area contributed by atoms with Gasteiger partial charge in [-0.1, -0.05) is 0 Å². The van der Waals surface area contributed by atoms with E-state index in [1.807, 2.05) is 0 Å². The Kier molecular flexibility index (Phi) is 3.74. The molecule has 0 N–H and O–H groups in total. The maximum atomic E-state index is 12.4. The fraction of sp³-hybridized carbons (Fsp3) is 0.375. The summed E-state index contributed by atoms with van der Waals surface area (Å²) in [4.78, 5) is 3.63. The molecular weight excluding hydrogens is 329 g/mol. The first-order valence-corrected chi connectivity index (χ1v) is 4.89. The Bertz CT molecular complexity index is 366. The van der Waals surface area contributed by atoms with E-state index in [9.17, 15) is 17.6 Å². The van der Waals surface area contributed by atoms with Gasteiger partial charge in [-0.25, -0.2) is 4.39 Å². The number of pyridine rings is 1. The van der Waals surface area contributed by atoms with Crippen LogP contribution in [0.4, 0.5) is 17.6 Å². The Labute approximate surface area is 96.8 Å². The van der Waals surface area contributed by atoms with E-state index in [0.29, 0.717) is 5.69 Å². The third kappa shape index (κ3) is 3.47. The van der Waals surface area contributed by atoms with Gasteiger partial charge in [0.25, 0.3) is 0 Å². The molecule has 0 amide bonds. The molecule has 0 aromatic carbocycles. The molecule has 1 aromatic rings. The van der Waals surface area contributed by atoms with Crippen LogP contribution in [0.1, 0.15) is 11.4 Å². The topological polar surface area (TPSA) is 22.1 Å². The van der Waals surface area contributed by atoms with Gasteiger partial charge in [0.2, 0.25) is 0 Å². The molecule has 0 saturated heterocycles. The zero-order valence-corrected chi connectivity index (χ0v) is 9.69. The molecule has 0 bridgehead atoms. The van der Waals surface area contributed by atoms with Crippen LogP contribution in [0.25, 0.3) is 0 Å². The standard InChI is InChI=1S/C8H6F4INO/c1-4-2-5(13)7(6(3-9)14-4)15-8(10,11)12/h2H,3H2,1H3. The summed E-state index contributed by atoms with van der Waals surface area (Å²) in [6, 6.07) is 1.39. The van der Waals surface area contributed by atoms with E-state index >= 15 is 0 Å². The molecule has 15 heavy (non-hydrogen) atoms. The van der Waals surface area contributed by atoms with E-state index in [0.717, 1.165) is 0 Å². The first-order chi connectivity index (χ1) is 6.83. The number of alkyl halides is 4. The van der Waals surface area contributed by atoms with Crippen LogP contribution in [0.3, 0.4) is 0 Å². The van der Waals surface area contributed by atoms with Gasteiger partial charge in [-0.15, -0.1) is 13.2 Å². The highest BCUT2D eigenvalue weighted by Gasteiger charge is 2.33. The normalized spacial score (nSPS) is 11.6. The van der Waals surface area contributed by atoms with Crippen LogP contribution >= 0.6 is 22.6 Å². The molecule has 0 saturated carbocycles. The molecule has 1 aromatic heterocycles. The molecule has 7 heteroatoms. The maximum absolute atomic E-state index is 12.4. The molecule has 0 fully saturated rings. The Morgan fingerprint density at radius 2 is 2.07 bits per heavy atom. The van der Waals surface area contributed by atoms with Crippen molar-refractivity contribution in [1.82, 2.24) is 4.98 Å². The lowest BCUT2D eigenvalue weighted by Crippen LogP contribution is -2.19. The summed E-state index contributed by atoms with van der Waals surface area (Å²) in [6.07, 6.45) is -4.83. The quantitative estimate of drug-likeness (QED) is 0.611. The van der Waals surface area contributed by atoms with Crippen molar-refractivity contribution in [3.05, 3.63) is 21.0 Å². The zero-order valence-electron chi connectivity index (χ0n) is 7.53. The van der Waals surface area contributed by atoms with Crippen LogP contribution < -0.4 is 4.74 Å². The highest BCUT2D eigenvalue weighted by atomic mass is 127. The van der Waals surface area contributed by atoms with Gasteiger partial charge in [0, 0.05) is 5.69 Å².